The molecule has 0 saturated carbocycles. The lowest BCUT2D eigenvalue weighted by molar-refractivity contribution is -0.141. The number of ether oxygens (including phenoxy) is 2. The molecule has 1 aliphatic heterocycles. The summed E-state index contributed by atoms with van der Waals surface area (Å²) >= 11 is 5.99. The van der Waals surface area contributed by atoms with Gasteiger partial charge in [0.05, 0.1) is 6.04 Å². The van der Waals surface area contributed by atoms with Crippen molar-refractivity contribution in [3.63, 3.8) is 0 Å². The fraction of sp³-hybridized carbons (Fsp3) is 0.625. The number of hydrogen-bond donors (Lipinski definition) is 1. The fourth-order valence-corrected chi connectivity index (χ4v) is 3.85. The maximum atomic E-state index is 13.3. The molecule has 0 unspecified atom stereocenters. The minimum Gasteiger partial charge on any atom is -0.444 e. The van der Waals surface area contributed by atoms with Gasteiger partial charge in [0.2, 0.25) is 5.91 Å². The van der Waals surface area contributed by atoms with Crippen molar-refractivity contribution in [1.82, 2.24) is 15.1 Å². The van der Waals surface area contributed by atoms with Gasteiger partial charge in [0.1, 0.15) is 18.2 Å². The summed E-state index contributed by atoms with van der Waals surface area (Å²) in [6.07, 6.45) is -0.636. The molecule has 1 fully saturated rings. The number of carbonyl (C=O) groups is 3. The first kappa shape index (κ1) is 27.1. The van der Waals surface area contributed by atoms with Gasteiger partial charge in [0.25, 0.3) is 0 Å². The lowest BCUT2D eigenvalue weighted by Crippen LogP contribution is -2.61. The smallest absolute Gasteiger partial charge is 0.408 e. The van der Waals surface area contributed by atoms with E-state index in [4.69, 9.17) is 21.1 Å². The van der Waals surface area contributed by atoms with Crippen LogP contribution in [-0.4, -0.2) is 78.6 Å². The van der Waals surface area contributed by atoms with E-state index >= 15 is 0 Å². The number of nitrogens with one attached hydrogen (secondary N) is 1. The van der Waals surface area contributed by atoms with Crippen LogP contribution in [0.4, 0.5) is 4.79 Å². The Bertz CT molecular complexity index is 822. The first-order valence-corrected chi connectivity index (χ1v) is 11.6. The Morgan fingerprint density at radius 3 is 2.33 bits per heavy atom. The number of alkyl carbamates (subject to hydrolysis) is 1. The maximum absolute atomic E-state index is 13.3. The van der Waals surface area contributed by atoms with Crippen LogP contribution in [0.2, 0.25) is 5.02 Å². The standard InChI is InChI=1S/C24H36ClN3O5/c1-16(2)21(26-23(31)33-24(3,4)5)22(30)28-12-11-27(19(14-28)20(29)15-32-6)13-17-7-9-18(25)10-8-17/h7-10,16,19,21H,11-15H2,1-6H3,(H,26,31)/t19-,21+/m1/s1. The molecule has 33 heavy (non-hydrogen) atoms. The molecule has 1 aromatic carbocycles. The Morgan fingerprint density at radius 1 is 1.15 bits per heavy atom. The van der Waals surface area contributed by atoms with Crippen molar-refractivity contribution in [2.24, 2.45) is 5.92 Å². The van der Waals surface area contributed by atoms with Crippen molar-refractivity contribution in [2.45, 2.75) is 58.8 Å². The molecule has 1 aromatic rings. The first-order chi connectivity index (χ1) is 15.4. The average Bonchev–Trinajstić information content (AvgIpc) is 2.72. The first-order valence-electron chi connectivity index (χ1n) is 11.2. The molecule has 0 aromatic heterocycles. The predicted molar refractivity (Wildman–Crippen MR) is 127 cm³/mol. The van der Waals surface area contributed by atoms with E-state index < -0.39 is 23.8 Å². The number of carbonyl (C=O) groups excluding carboxylic acids is 3. The van der Waals surface area contributed by atoms with Crippen LogP contribution in [0.15, 0.2) is 24.3 Å². The number of rotatable bonds is 8. The monoisotopic (exact) mass is 481 g/mol. The lowest BCUT2D eigenvalue weighted by Gasteiger charge is -2.42. The molecule has 2 atom stereocenters. The predicted octanol–water partition coefficient (Wildman–Crippen LogP) is 3.12. The number of amides is 2. The number of Topliss-reactive ketones (excluding diaryl/α,β-unsaturated/α-hetero) is 1. The van der Waals surface area contributed by atoms with E-state index in [1.54, 1.807) is 25.7 Å². The molecular formula is C24H36ClN3O5. The van der Waals surface area contributed by atoms with Crippen LogP contribution >= 0.6 is 11.6 Å². The zero-order chi connectivity index (χ0) is 24.8. The van der Waals surface area contributed by atoms with Crippen LogP contribution < -0.4 is 5.32 Å². The molecule has 2 amide bonds. The molecule has 0 spiro atoms. The van der Waals surface area contributed by atoms with E-state index in [2.05, 4.69) is 10.2 Å². The Hall–Kier alpha value is -2.16. The van der Waals surface area contributed by atoms with Crippen LogP contribution in [0.3, 0.4) is 0 Å². The van der Waals surface area contributed by atoms with Crippen molar-refractivity contribution in [2.75, 3.05) is 33.4 Å². The molecule has 1 N–H and O–H groups in total. The molecule has 2 rings (SSSR count). The number of hydrogen-bond acceptors (Lipinski definition) is 6. The van der Waals surface area contributed by atoms with Crippen molar-refractivity contribution in [3.8, 4) is 0 Å². The van der Waals surface area contributed by atoms with Crippen molar-refractivity contribution in [3.05, 3.63) is 34.9 Å². The van der Waals surface area contributed by atoms with Gasteiger partial charge in [-0.2, -0.15) is 0 Å². The number of benzene rings is 1. The Labute approximate surface area is 201 Å². The van der Waals surface area contributed by atoms with Crippen molar-refractivity contribution in [1.29, 1.82) is 0 Å². The Morgan fingerprint density at radius 2 is 1.79 bits per heavy atom. The minimum atomic E-state index is -0.749. The third kappa shape index (κ3) is 8.28. The zero-order valence-corrected chi connectivity index (χ0v) is 21.1. The molecule has 9 heteroatoms. The van der Waals surface area contributed by atoms with Crippen LogP contribution in [0, 0.1) is 5.92 Å². The second-order valence-corrected chi connectivity index (χ2v) is 10.1. The summed E-state index contributed by atoms with van der Waals surface area (Å²) in [4.78, 5) is 42.2. The summed E-state index contributed by atoms with van der Waals surface area (Å²) in [7, 11) is 1.48. The Balaban J connectivity index is 2.14. The van der Waals surface area contributed by atoms with Crippen LogP contribution in [0.5, 0.6) is 0 Å². The van der Waals surface area contributed by atoms with E-state index in [-0.39, 0.29) is 30.8 Å². The zero-order valence-electron chi connectivity index (χ0n) is 20.4. The summed E-state index contributed by atoms with van der Waals surface area (Å²) < 4.78 is 10.4. The van der Waals surface area contributed by atoms with Gasteiger partial charge in [-0.1, -0.05) is 37.6 Å². The average molecular weight is 482 g/mol. The van der Waals surface area contributed by atoms with E-state index in [1.165, 1.54) is 7.11 Å². The van der Waals surface area contributed by atoms with Gasteiger partial charge in [0, 0.05) is 38.3 Å². The van der Waals surface area contributed by atoms with Crippen molar-refractivity contribution < 1.29 is 23.9 Å². The van der Waals surface area contributed by atoms with Gasteiger partial charge in [-0.05, 0) is 44.4 Å². The van der Waals surface area contributed by atoms with Gasteiger partial charge < -0.3 is 19.7 Å². The van der Waals surface area contributed by atoms with Gasteiger partial charge in [-0.15, -0.1) is 0 Å². The highest BCUT2D eigenvalue weighted by molar-refractivity contribution is 6.30. The maximum Gasteiger partial charge on any atom is 0.408 e. The van der Waals surface area contributed by atoms with E-state index in [1.807, 2.05) is 38.1 Å². The summed E-state index contributed by atoms with van der Waals surface area (Å²) in [6.45, 7) is 10.8. The van der Waals surface area contributed by atoms with Gasteiger partial charge in [-0.25, -0.2) is 4.79 Å². The molecule has 1 heterocycles. The summed E-state index contributed by atoms with van der Waals surface area (Å²) in [5.41, 5.74) is 0.362. The van der Waals surface area contributed by atoms with E-state index in [0.29, 0.717) is 24.7 Å². The molecule has 8 nitrogen and oxygen atoms in total. The minimum absolute atomic E-state index is 0.0341. The quantitative estimate of drug-likeness (QED) is 0.613. The third-order valence-electron chi connectivity index (χ3n) is 5.37. The second kappa shape index (κ2) is 11.8. The van der Waals surface area contributed by atoms with E-state index in [9.17, 15) is 14.4 Å². The summed E-state index contributed by atoms with van der Waals surface area (Å²) in [5, 5.41) is 3.36. The number of piperazine rings is 1. The fourth-order valence-electron chi connectivity index (χ4n) is 3.72. The lowest BCUT2D eigenvalue weighted by atomic mass is 10.0. The Kier molecular flexibility index (Phi) is 9.70. The van der Waals surface area contributed by atoms with E-state index in [0.717, 1.165) is 5.56 Å². The summed E-state index contributed by atoms with van der Waals surface area (Å²) in [6, 6.07) is 6.24. The van der Waals surface area contributed by atoms with Crippen LogP contribution in [-0.2, 0) is 25.6 Å². The molecule has 184 valence electrons. The normalized spacial score (nSPS) is 18.2. The third-order valence-corrected chi connectivity index (χ3v) is 5.62. The SMILES string of the molecule is COCC(=O)[C@H]1CN(C(=O)[C@@H](NC(=O)OC(C)(C)C)C(C)C)CCN1Cc1ccc(Cl)cc1. The highest BCUT2D eigenvalue weighted by atomic mass is 35.5. The molecule has 0 aliphatic carbocycles. The number of methoxy groups -OCH3 is 1. The molecule has 0 radical (unpaired) electrons. The van der Waals surface area contributed by atoms with Gasteiger partial charge >= 0.3 is 6.09 Å². The summed E-state index contributed by atoms with van der Waals surface area (Å²) in [5.74, 6) is -0.465. The highest BCUT2D eigenvalue weighted by Gasteiger charge is 2.37. The molecule has 0 bridgehead atoms. The van der Waals surface area contributed by atoms with Crippen LogP contribution in [0.25, 0.3) is 0 Å². The number of nitrogens with zero attached hydrogens (tertiary/aromatic N) is 2. The van der Waals surface area contributed by atoms with Gasteiger partial charge in [-0.3, -0.25) is 14.5 Å². The number of halogens is 1. The second-order valence-electron chi connectivity index (χ2n) is 9.66. The van der Waals surface area contributed by atoms with Crippen molar-refractivity contribution >= 4 is 29.4 Å². The molecule has 1 aliphatic rings. The number of ketones is 1. The molecular weight excluding hydrogens is 446 g/mol. The topological polar surface area (TPSA) is 88.2 Å². The van der Waals surface area contributed by atoms with Crippen LogP contribution in [0.1, 0.15) is 40.2 Å². The largest absolute Gasteiger partial charge is 0.444 e. The molecule has 1 saturated heterocycles. The van der Waals surface area contributed by atoms with Gasteiger partial charge in [0.15, 0.2) is 5.78 Å². The highest BCUT2D eigenvalue weighted by Crippen LogP contribution is 2.19.